The van der Waals surface area contributed by atoms with E-state index in [1.807, 2.05) is 307 Å². The Morgan fingerprint density at radius 1 is 0.247 bits per heavy atom. The molecule has 0 fully saturated rings. The van der Waals surface area contributed by atoms with Gasteiger partial charge in [0, 0.05) is 211 Å². The molecule has 0 aliphatic heterocycles. The summed E-state index contributed by atoms with van der Waals surface area (Å²) in [5, 5.41) is 17.6. The second-order valence-corrected chi connectivity index (χ2v) is 47.2. The third-order valence-corrected chi connectivity index (χ3v) is 31.8. The molecule has 0 saturated heterocycles. The molecule has 0 atom stereocenters. The van der Waals surface area contributed by atoms with Gasteiger partial charge in [0.15, 0.2) is 0 Å². The van der Waals surface area contributed by atoms with Crippen LogP contribution < -0.4 is 15.5 Å². The number of benzene rings is 7. The first kappa shape index (κ1) is 124. The van der Waals surface area contributed by atoms with Gasteiger partial charge in [-0.2, -0.15) is 39.4 Å². The van der Waals surface area contributed by atoms with Crippen LogP contribution in [0.2, 0.25) is 0 Å². The maximum atomic E-state index is 12.7. The fourth-order valence-electron chi connectivity index (χ4n) is 10.9. The SMILES string of the molecule is CCN(C(=O)Sc1nsc(C)n1)c1ccccc1.CCN(CC)C(=O)Sc1nsc(C)n1.CCN(Cc1ccccc1)C(=O)Sc1nsc(C)n1.Cc1nc(SC(=O)N(C)C)ns1.Cc1nc(SC(=O)N(C)C)ns1.Cc1nc(SC(=O)N(C)Cc2ccccc2)ns1.Cc1nc(SC(=O)N(Cc2ccccc2)Cc2ccccc2)ns1.Cc1nc(SC(=O)NCc2ccccc2)ns1.Cc1nc(SC(=O)Nc2ccccc2)ns1. The van der Waals surface area contributed by atoms with E-state index >= 15 is 0 Å². The third kappa shape index (κ3) is 49.1. The van der Waals surface area contributed by atoms with E-state index in [4.69, 9.17) is 0 Å². The lowest BCUT2D eigenvalue weighted by molar-refractivity contribution is 0.218. The normalized spacial score (nSPS) is 10.3. The number of rotatable bonds is 25. The molecule has 0 radical (unpaired) electrons. The summed E-state index contributed by atoms with van der Waals surface area (Å²) >= 11 is 21.3. The Balaban J connectivity index is 0.000000207. The van der Waals surface area contributed by atoms with Crippen LogP contribution in [0.5, 0.6) is 0 Å². The van der Waals surface area contributed by atoms with E-state index < -0.39 is 0 Å². The van der Waals surface area contributed by atoms with E-state index in [9.17, 15) is 43.2 Å². The molecule has 0 aliphatic carbocycles. The predicted molar refractivity (Wildman–Crippen MR) is 619 cm³/mol. The van der Waals surface area contributed by atoms with Crippen molar-refractivity contribution in [1.82, 2.24) is 119 Å². The Morgan fingerprint density at radius 2 is 0.480 bits per heavy atom. The Bertz CT molecular complexity index is 6630. The Hall–Kier alpha value is -11.0. The lowest BCUT2D eigenvalue weighted by Crippen LogP contribution is -2.26. The van der Waals surface area contributed by atoms with E-state index in [-0.39, 0.29) is 47.2 Å². The minimum absolute atomic E-state index is 0.0100. The molecule has 0 bridgehead atoms. The number of amides is 9. The highest BCUT2D eigenvalue weighted by atomic mass is 32.2. The highest BCUT2D eigenvalue weighted by Crippen LogP contribution is 2.31. The van der Waals surface area contributed by atoms with Gasteiger partial charge >= 0.3 is 0 Å². The maximum Gasteiger partial charge on any atom is 0.293 e. The fraction of sp³-hybridized carbons (Fsp3) is 0.281. The highest BCUT2D eigenvalue weighted by molar-refractivity contribution is 8.15. The van der Waals surface area contributed by atoms with Gasteiger partial charge in [0.05, 0.1) is 0 Å². The van der Waals surface area contributed by atoms with Gasteiger partial charge in [0.1, 0.15) is 45.1 Å². The van der Waals surface area contributed by atoms with E-state index in [2.05, 4.69) is 94.9 Å². The number of carbonyl (C=O) groups is 9. The van der Waals surface area contributed by atoms with Gasteiger partial charge in [0.2, 0.25) is 46.4 Å². The van der Waals surface area contributed by atoms with E-state index in [0.29, 0.717) is 92.2 Å². The number of hydrogen-bond acceptors (Lipinski definition) is 45. The molecule has 2 N–H and O–H groups in total. The molecule has 9 heterocycles. The maximum absolute atomic E-state index is 12.7. The summed E-state index contributed by atoms with van der Waals surface area (Å²) in [4.78, 5) is 155. The Labute approximate surface area is 946 Å². The van der Waals surface area contributed by atoms with Crippen LogP contribution in [0, 0.1) is 62.3 Å². The second kappa shape index (κ2) is 68.8. The van der Waals surface area contributed by atoms with Gasteiger partial charge in [-0.3, -0.25) is 43.2 Å². The van der Waals surface area contributed by atoms with Gasteiger partial charge in [0.25, 0.3) is 47.2 Å². The van der Waals surface area contributed by atoms with Crippen LogP contribution in [0.4, 0.5) is 54.5 Å². The number of thioether (sulfide) groups is 9. The van der Waals surface area contributed by atoms with Crippen LogP contribution in [0.3, 0.4) is 0 Å². The van der Waals surface area contributed by atoms with Crippen molar-refractivity contribution < 1.29 is 43.2 Å². The van der Waals surface area contributed by atoms with Crippen LogP contribution in [-0.4, -0.2) is 222 Å². The number of para-hydroxylation sites is 2. The smallest absolute Gasteiger partial charge is 0.293 e. The molecule has 790 valence electrons. The largest absolute Gasteiger partial charge is 0.343 e. The minimum Gasteiger partial charge on any atom is -0.343 e. The first-order valence-electron chi connectivity index (χ1n) is 45.2. The average Bonchev–Trinajstić information content (AvgIpc) is 1.44. The number of aromatic nitrogens is 18. The van der Waals surface area contributed by atoms with E-state index in [1.165, 1.54) is 114 Å². The number of nitrogens with one attached hydrogen (secondary N) is 2. The topological polar surface area (TPSA) is 432 Å². The summed E-state index contributed by atoms with van der Waals surface area (Å²) in [5.74, 6) is 0. The number of hydrogen-bond donors (Lipinski definition) is 2. The lowest BCUT2D eigenvalue weighted by Gasteiger charge is -2.22. The zero-order valence-corrected chi connectivity index (χ0v) is 99.5. The van der Waals surface area contributed by atoms with Gasteiger partial charge in [-0.25, -0.2) is 44.9 Å². The molecule has 0 aliphatic rings. The molecule has 150 heavy (non-hydrogen) atoms. The van der Waals surface area contributed by atoms with Gasteiger partial charge in [-0.05, 0) is 246 Å². The van der Waals surface area contributed by atoms with Gasteiger partial charge < -0.3 is 44.9 Å². The molecule has 9 aromatic heterocycles. The van der Waals surface area contributed by atoms with Crippen molar-refractivity contribution in [2.75, 3.05) is 71.6 Å². The summed E-state index contributed by atoms with van der Waals surface area (Å²) in [6.45, 7) is 30.3. The van der Waals surface area contributed by atoms with Crippen LogP contribution in [-0.2, 0) is 32.7 Å². The van der Waals surface area contributed by atoms with Crippen LogP contribution >= 0.6 is 210 Å². The summed E-state index contributed by atoms with van der Waals surface area (Å²) in [6, 6.07) is 68.5. The van der Waals surface area contributed by atoms with Crippen molar-refractivity contribution in [2.24, 2.45) is 0 Å². The standard InChI is InChI=1S/C18H17N3OS2.C13H15N3OS2.2C12H13N3OS2.C11H11N3OS2.C10H9N3OS2.C8H13N3OS2.2C6H9N3OS2/c1-14-19-17(20-24-14)23-18(22)21(12-15-8-4-2-5-9-15)13-16-10-6-3-7-11-16;1-3-16(9-11-7-5-4-6-8-11)13(17)18-12-14-10(2)19-15-12;1-9-13-11(14-18-9)17-12(16)15(2)8-10-6-4-3-5-7-10;1-3-15(10-7-5-4-6-8-10)12(16)17-11-13-9(2)18-14-11;1-8-13-10(14-17-8)16-11(15)12-7-9-5-3-2-4-6-9;1-7-11-9(13-16-7)15-10(14)12-8-5-3-2-4-6-8;1-4-11(5-2)8(12)13-7-9-6(3)14-10-7;2*1-4-7-5(8-12-4)11-6(10)9(2)3/h2-11H,12-13H2,1H3;4-8H,3,9H2,1-2H3;3-7H,8H2,1-2H3;4-8H,3H2,1-2H3;2-6H,7H2,1H3,(H,12,15);2-6H,1H3,(H,12,14);4-5H2,1-3H3;2*1-3H3. The van der Waals surface area contributed by atoms with Crippen LogP contribution in [0.25, 0.3) is 0 Å². The molecular weight excluding hydrogens is 2250 g/mol. The summed E-state index contributed by atoms with van der Waals surface area (Å²) in [6.07, 6.45) is 0. The van der Waals surface area contributed by atoms with E-state index in [1.54, 1.807) is 54.8 Å². The molecule has 0 unspecified atom stereocenters. The summed E-state index contributed by atoms with van der Waals surface area (Å²) in [7, 11) is 8.59. The zero-order valence-electron chi connectivity index (χ0n) is 84.8. The number of carbonyl (C=O) groups excluding carboxylic acids is 9. The minimum atomic E-state index is -0.177. The van der Waals surface area contributed by atoms with Crippen molar-refractivity contribution in [3.05, 3.63) is 285 Å². The molecule has 16 rings (SSSR count). The van der Waals surface area contributed by atoms with Crippen molar-refractivity contribution >= 4 is 268 Å². The lowest BCUT2D eigenvalue weighted by atomic mass is 10.2. The molecule has 0 spiro atoms. The number of nitrogens with zero attached hydrogens (tertiary/aromatic N) is 25. The zero-order chi connectivity index (χ0) is 109. The first-order chi connectivity index (χ1) is 72.1. The Morgan fingerprint density at radius 3 is 0.760 bits per heavy atom. The molecule has 16 aromatic rings. The van der Waals surface area contributed by atoms with Crippen molar-refractivity contribution in [3.8, 4) is 0 Å². The van der Waals surface area contributed by atoms with Crippen molar-refractivity contribution in [3.63, 3.8) is 0 Å². The number of anilines is 2. The molecule has 36 nitrogen and oxygen atoms in total. The van der Waals surface area contributed by atoms with Crippen molar-refractivity contribution in [2.45, 2.75) is 169 Å². The van der Waals surface area contributed by atoms with Crippen molar-refractivity contribution in [1.29, 1.82) is 0 Å². The highest BCUT2D eigenvalue weighted by Gasteiger charge is 2.24. The summed E-state index contributed by atoms with van der Waals surface area (Å²) in [5.41, 5.74) is 7.17. The van der Waals surface area contributed by atoms with Crippen LogP contribution in [0.1, 0.15) is 101 Å². The summed E-state index contributed by atoms with van der Waals surface area (Å²) < 4.78 is 36.6. The number of aryl methyl sites for hydroxylation is 9. The molecule has 0 saturated carbocycles. The Kier molecular flexibility index (Phi) is 56.9. The average molecular weight is 2360 g/mol. The predicted octanol–water partition coefficient (Wildman–Crippen LogP) is 26.8. The molecular formula is C96H109N27O9S18. The quantitative estimate of drug-likeness (QED) is 0.0502. The third-order valence-electron chi connectivity index (χ3n) is 18.0. The van der Waals surface area contributed by atoms with Crippen LogP contribution in [0.15, 0.2) is 259 Å². The van der Waals surface area contributed by atoms with Gasteiger partial charge in [-0.15, -0.1) is 0 Å². The van der Waals surface area contributed by atoms with E-state index in [0.717, 1.165) is 203 Å². The molecule has 9 amide bonds. The monoisotopic (exact) mass is 2360 g/mol. The molecule has 7 aromatic carbocycles. The fourth-order valence-corrected chi connectivity index (χ4v) is 22.5. The first-order valence-corrected chi connectivity index (χ1v) is 59.5. The van der Waals surface area contributed by atoms with Gasteiger partial charge in [-0.1, -0.05) is 188 Å². The molecule has 54 heteroatoms. The second-order valence-electron chi connectivity index (χ2n) is 30.3.